The van der Waals surface area contributed by atoms with Crippen LogP contribution in [0.4, 0.5) is 0 Å². The van der Waals surface area contributed by atoms with Crippen LogP contribution >= 0.6 is 0 Å². The van der Waals surface area contributed by atoms with Gasteiger partial charge in [-0.2, -0.15) is 0 Å². The normalized spacial score (nSPS) is 23.1. The lowest BCUT2D eigenvalue weighted by Gasteiger charge is -2.33. The van der Waals surface area contributed by atoms with E-state index >= 15 is 0 Å². The van der Waals surface area contributed by atoms with Crippen LogP contribution in [-0.4, -0.2) is 12.1 Å². The fraction of sp³-hybridized carbons (Fsp3) is 0.765. The lowest BCUT2D eigenvalue weighted by atomic mass is 9.76. The van der Waals surface area contributed by atoms with Crippen LogP contribution < -0.4 is 5.32 Å². The molecule has 0 aliphatic heterocycles. The molecule has 0 unspecified atom stereocenters. The first-order valence-electron chi connectivity index (χ1n) is 8.02. The van der Waals surface area contributed by atoms with E-state index in [0.717, 1.165) is 18.3 Å². The van der Waals surface area contributed by atoms with E-state index in [1.807, 2.05) is 6.26 Å². The van der Waals surface area contributed by atoms with Gasteiger partial charge in [-0.05, 0) is 50.0 Å². The van der Waals surface area contributed by atoms with E-state index in [2.05, 4.69) is 25.2 Å². The van der Waals surface area contributed by atoms with Crippen molar-refractivity contribution in [3.8, 4) is 0 Å². The van der Waals surface area contributed by atoms with Gasteiger partial charge in [0.05, 0.1) is 12.4 Å². The van der Waals surface area contributed by atoms with E-state index < -0.39 is 0 Å². The predicted octanol–water partition coefficient (Wildman–Crippen LogP) is 4.02. The Kier molecular flexibility index (Phi) is 4.18. The standard InChI is InChI=1S/C17H27NO2/c1-17(2)7-5-15(6-8-17)20-12-16-9-13(11-19-16)10-18-14-3-4-14/h9,11,14-15,18H,3-8,10,12H2,1-2H3. The van der Waals surface area contributed by atoms with Crippen molar-refractivity contribution < 1.29 is 9.15 Å². The van der Waals surface area contributed by atoms with Gasteiger partial charge in [0.1, 0.15) is 12.4 Å². The second kappa shape index (κ2) is 5.90. The van der Waals surface area contributed by atoms with E-state index in [9.17, 15) is 0 Å². The third-order valence-electron chi connectivity index (χ3n) is 4.63. The molecule has 112 valence electrons. The zero-order valence-corrected chi connectivity index (χ0v) is 12.8. The summed E-state index contributed by atoms with van der Waals surface area (Å²) in [4.78, 5) is 0. The highest BCUT2D eigenvalue weighted by atomic mass is 16.5. The number of ether oxygens (including phenoxy) is 1. The Morgan fingerprint density at radius 2 is 2.00 bits per heavy atom. The van der Waals surface area contributed by atoms with E-state index in [4.69, 9.17) is 9.15 Å². The summed E-state index contributed by atoms with van der Waals surface area (Å²) < 4.78 is 11.6. The number of hydrogen-bond donors (Lipinski definition) is 1. The summed E-state index contributed by atoms with van der Waals surface area (Å²) in [6, 6.07) is 2.87. The largest absolute Gasteiger partial charge is 0.467 e. The molecular formula is C17H27NO2. The number of hydrogen-bond acceptors (Lipinski definition) is 3. The van der Waals surface area contributed by atoms with Gasteiger partial charge in [0.15, 0.2) is 0 Å². The van der Waals surface area contributed by atoms with Crippen LogP contribution in [0.5, 0.6) is 0 Å². The van der Waals surface area contributed by atoms with Gasteiger partial charge in [0.25, 0.3) is 0 Å². The number of nitrogens with one attached hydrogen (secondary N) is 1. The van der Waals surface area contributed by atoms with Gasteiger partial charge >= 0.3 is 0 Å². The van der Waals surface area contributed by atoms with E-state index in [-0.39, 0.29) is 0 Å². The first-order chi connectivity index (χ1) is 9.61. The minimum atomic E-state index is 0.418. The monoisotopic (exact) mass is 277 g/mol. The summed E-state index contributed by atoms with van der Waals surface area (Å²) in [5.41, 5.74) is 1.74. The first-order valence-corrected chi connectivity index (χ1v) is 8.02. The molecule has 3 rings (SSSR count). The van der Waals surface area contributed by atoms with Crippen LogP contribution in [0.1, 0.15) is 63.7 Å². The Labute approximate surface area is 122 Å². The molecule has 1 heterocycles. The summed E-state index contributed by atoms with van der Waals surface area (Å²) in [6.45, 7) is 6.25. The van der Waals surface area contributed by atoms with Crippen molar-refractivity contribution in [1.29, 1.82) is 0 Å². The average Bonchev–Trinajstić information content (AvgIpc) is 3.14. The predicted molar refractivity (Wildman–Crippen MR) is 79.4 cm³/mol. The van der Waals surface area contributed by atoms with Crippen LogP contribution in [0.2, 0.25) is 0 Å². The molecule has 2 aliphatic carbocycles. The molecule has 0 amide bonds. The molecule has 1 aromatic heterocycles. The van der Waals surface area contributed by atoms with Crippen LogP contribution in [0.15, 0.2) is 16.7 Å². The molecule has 0 spiro atoms. The SMILES string of the molecule is CC1(C)CCC(OCc2cc(CNC3CC3)co2)CC1. The Morgan fingerprint density at radius 1 is 1.25 bits per heavy atom. The Morgan fingerprint density at radius 3 is 2.70 bits per heavy atom. The third-order valence-corrected chi connectivity index (χ3v) is 4.63. The highest BCUT2D eigenvalue weighted by Crippen LogP contribution is 2.36. The Bertz CT molecular complexity index is 424. The summed E-state index contributed by atoms with van der Waals surface area (Å²) in [5, 5.41) is 3.50. The van der Waals surface area contributed by atoms with Crippen molar-refractivity contribution >= 4 is 0 Å². The first kappa shape index (κ1) is 14.2. The summed E-state index contributed by atoms with van der Waals surface area (Å²) in [6.07, 6.45) is 9.84. The molecule has 2 fully saturated rings. The molecule has 2 aliphatic rings. The minimum absolute atomic E-state index is 0.418. The third kappa shape index (κ3) is 4.10. The summed E-state index contributed by atoms with van der Waals surface area (Å²) in [5.74, 6) is 0.961. The van der Waals surface area contributed by atoms with Gasteiger partial charge in [0.2, 0.25) is 0 Å². The molecule has 0 atom stereocenters. The van der Waals surface area contributed by atoms with Crippen molar-refractivity contribution in [2.45, 2.75) is 77.7 Å². The molecule has 0 radical (unpaired) electrons. The van der Waals surface area contributed by atoms with Crippen LogP contribution in [0, 0.1) is 5.41 Å². The summed E-state index contributed by atoms with van der Waals surface area (Å²) >= 11 is 0. The molecule has 3 heteroatoms. The molecule has 0 saturated heterocycles. The van der Waals surface area contributed by atoms with Gasteiger partial charge < -0.3 is 14.5 Å². The molecule has 1 aromatic rings. The van der Waals surface area contributed by atoms with Gasteiger partial charge in [0, 0.05) is 18.2 Å². The van der Waals surface area contributed by atoms with Crippen molar-refractivity contribution in [3.63, 3.8) is 0 Å². The summed E-state index contributed by atoms with van der Waals surface area (Å²) in [7, 11) is 0. The quantitative estimate of drug-likeness (QED) is 0.853. The van der Waals surface area contributed by atoms with Gasteiger partial charge in [-0.1, -0.05) is 13.8 Å². The van der Waals surface area contributed by atoms with E-state index in [1.54, 1.807) is 0 Å². The fourth-order valence-electron chi connectivity index (χ4n) is 2.88. The topological polar surface area (TPSA) is 34.4 Å². The average molecular weight is 277 g/mol. The molecular weight excluding hydrogens is 250 g/mol. The van der Waals surface area contributed by atoms with Crippen LogP contribution in [-0.2, 0) is 17.9 Å². The maximum Gasteiger partial charge on any atom is 0.129 e. The maximum atomic E-state index is 6.00. The lowest BCUT2D eigenvalue weighted by Crippen LogP contribution is -2.26. The Hall–Kier alpha value is -0.800. The molecule has 20 heavy (non-hydrogen) atoms. The Balaban J connectivity index is 1.39. The van der Waals surface area contributed by atoms with Crippen molar-refractivity contribution in [2.24, 2.45) is 5.41 Å². The second-order valence-electron chi connectivity index (χ2n) is 7.25. The molecule has 0 aromatic carbocycles. The highest BCUT2D eigenvalue weighted by molar-refractivity contribution is 5.12. The molecule has 2 saturated carbocycles. The van der Waals surface area contributed by atoms with Gasteiger partial charge in [-0.25, -0.2) is 0 Å². The smallest absolute Gasteiger partial charge is 0.129 e. The van der Waals surface area contributed by atoms with Crippen molar-refractivity contribution in [1.82, 2.24) is 5.32 Å². The molecule has 0 bridgehead atoms. The minimum Gasteiger partial charge on any atom is -0.467 e. The van der Waals surface area contributed by atoms with Crippen LogP contribution in [0.25, 0.3) is 0 Å². The molecule has 3 nitrogen and oxygen atoms in total. The van der Waals surface area contributed by atoms with Gasteiger partial charge in [-0.15, -0.1) is 0 Å². The second-order valence-corrected chi connectivity index (χ2v) is 7.25. The van der Waals surface area contributed by atoms with Gasteiger partial charge in [-0.3, -0.25) is 0 Å². The van der Waals surface area contributed by atoms with E-state index in [1.165, 1.54) is 44.1 Å². The maximum absolute atomic E-state index is 6.00. The highest BCUT2D eigenvalue weighted by Gasteiger charge is 2.27. The van der Waals surface area contributed by atoms with Crippen LogP contribution in [0.3, 0.4) is 0 Å². The van der Waals surface area contributed by atoms with E-state index in [0.29, 0.717) is 18.1 Å². The lowest BCUT2D eigenvalue weighted by molar-refractivity contribution is -0.0120. The molecule has 1 N–H and O–H groups in total. The fourth-order valence-corrected chi connectivity index (χ4v) is 2.88. The van der Waals surface area contributed by atoms with Crippen molar-refractivity contribution in [3.05, 3.63) is 23.7 Å². The van der Waals surface area contributed by atoms with Crippen molar-refractivity contribution in [2.75, 3.05) is 0 Å². The zero-order valence-electron chi connectivity index (χ0n) is 12.8. The number of furan rings is 1. The zero-order chi connectivity index (χ0) is 14.0. The number of rotatable bonds is 6.